The Labute approximate surface area is 173 Å². The van der Waals surface area contributed by atoms with Gasteiger partial charge < -0.3 is 15.0 Å². The Hall–Kier alpha value is -3.17. The Bertz CT molecular complexity index is 1090. The van der Waals surface area contributed by atoms with Gasteiger partial charge in [0.15, 0.2) is 0 Å². The normalized spacial score (nSPS) is 23.5. The molecule has 2 aliphatic rings. The van der Waals surface area contributed by atoms with Crippen molar-refractivity contribution < 1.29 is 36.3 Å². The average molecular weight is 440 g/mol. The van der Waals surface area contributed by atoms with E-state index < -0.39 is 52.8 Å². The van der Waals surface area contributed by atoms with Crippen molar-refractivity contribution in [1.82, 2.24) is 4.90 Å². The van der Waals surface area contributed by atoms with Gasteiger partial charge in [-0.15, -0.1) is 0 Å². The number of ether oxygens (including phenoxy) is 1. The summed E-state index contributed by atoms with van der Waals surface area (Å²) >= 11 is 0. The zero-order valence-corrected chi connectivity index (χ0v) is 16.4. The van der Waals surface area contributed by atoms with Crippen molar-refractivity contribution in [2.24, 2.45) is 5.92 Å². The van der Waals surface area contributed by atoms with Gasteiger partial charge in [-0.25, -0.2) is 4.39 Å². The number of rotatable bonds is 3. The third kappa shape index (κ3) is 3.21. The van der Waals surface area contributed by atoms with Crippen LogP contribution in [0.2, 0.25) is 0 Å². The van der Waals surface area contributed by atoms with Crippen LogP contribution < -0.4 is 10.1 Å². The lowest BCUT2D eigenvalue weighted by Gasteiger charge is -2.19. The maximum Gasteiger partial charge on any atom is 0.469 e. The van der Waals surface area contributed by atoms with Crippen LogP contribution in [0.5, 0.6) is 5.75 Å². The first-order chi connectivity index (χ1) is 14.4. The Balaban J connectivity index is 1.68. The lowest BCUT2D eigenvalue weighted by Crippen LogP contribution is -2.37. The van der Waals surface area contributed by atoms with Crippen molar-refractivity contribution in [3.05, 3.63) is 58.9 Å². The molecule has 0 radical (unpaired) electrons. The zero-order valence-electron chi connectivity index (χ0n) is 16.4. The Kier molecular flexibility index (Phi) is 4.71. The summed E-state index contributed by atoms with van der Waals surface area (Å²) in [6.07, 6.45) is -4.69. The number of alkyl halides is 4. The van der Waals surface area contributed by atoms with Crippen LogP contribution in [0.15, 0.2) is 36.4 Å². The van der Waals surface area contributed by atoms with Gasteiger partial charge in [0.25, 0.3) is 0 Å². The molecule has 5 nitrogen and oxygen atoms in total. The first-order valence-electron chi connectivity index (χ1n) is 9.34. The molecule has 4 rings (SSSR count). The van der Waals surface area contributed by atoms with Crippen molar-refractivity contribution in [3.63, 3.8) is 0 Å². The summed E-state index contributed by atoms with van der Waals surface area (Å²) < 4.78 is 73.1. The standard InChI is InChI=1S/C21H17F5N2O3/c1-10-14(22)4-3-5-15(10)27-18(29)17-12(9-28(2)19(17)30)11-6-7-16-13(8-11)20(23,24)21(25,26)31-16/h3-8,12,17H,9H2,1-2H3,(H,27,29)/t12-,17+/m1/s1. The number of amides is 2. The number of nitrogens with one attached hydrogen (secondary N) is 1. The van der Waals surface area contributed by atoms with Crippen molar-refractivity contribution in [3.8, 4) is 5.75 Å². The van der Waals surface area contributed by atoms with E-state index in [1.54, 1.807) is 0 Å². The number of hydrogen-bond acceptors (Lipinski definition) is 3. The molecule has 0 bridgehead atoms. The van der Waals surface area contributed by atoms with Crippen LogP contribution in [-0.2, 0) is 15.5 Å². The zero-order chi connectivity index (χ0) is 22.7. The molecule has 2 amide bonds. The maximum absolute atomic E-state index is 14.1. The highest BCUT2D eigenvalue weighted by atomic mass is 19.3. The third-order valence-corrected chi connectivity index (χ3v) is 5.70. The Morgan fingerprint density at radius 1 is 1.19 bits per heavy atom. The summed E-state index contributed by atoms with van der Waals surface area (Å²) in [7, 11) is 1.44. The van der Waals surface area contributed by atoms with Crippen molar-refractivity contribution in [1.29, 1.82) is 0 Å². The molecule has 164 valence electrons. The molecule has 0 aromatic heterocycles. The summed E-state index contributed by atoms with van der Waals surface area (Å²) in [6.45, 7) is 1.47. The molecule has 10 heteroatoms. The first-order valence-corrected chi connectivity index (χ1v) is 9.34. The summed E-state index contributed by atoms with van der Waals surface area (Å²) in [6, 6.07) is 7.17. The van der Waals surface area contributed by atoms with Gasteiger partial charge in [0, 0.05) is 30.8 Å². The first kappa shape index (κ1) is 21.1. The van der Waals surface area contributed by atoms with Crippen LogP contribution in [0.1, 0.15) is 22.6 Å². The molecule has 0 saturated carbocycles. The van der Waals surface area contributed by atoms with Gasteiger partial charge in [0.2, 0.25) is 11.8 Å². The highest BCUT2D eigenvalue weighted by Crippen LogP contribution is 2.54. The van der Waals surface area contributed by atoms with Crippen LogP contribution in [-0.4, -0.2) is 36.4 Å². The Morgan fingerprint density at radius 3 is 2.61 bits per heavy atom. The van der Waals surface area contributed by atoms with Crippen LogP contribution >= 0.6 is 0 Å². The number of likely N-dealkylation sites (N-methyl/N-ethyl adjacent to an activating group) is 1. The lowest BCUT2D eigenvalue weighted by molar-refractivity contribution is -0.296. The molecule has 1 fully saturated rings. The summed E-state index contributed by atoms with van der Waals surface area (Å²) in [5.41, 5.74) is -0.548. The molecular weight excluding hydrogens is 423 g/mol. The van der Waals surface area contributed by atoms with Gasteiger partial charge in [-0.1, -0.05) is 12.1 Å². The minimum atomic E-state index is -4.69. The fraction of sp³-hybridized carbons (Fsp3) is 0.333. The van der Waals surface area contributed by atoms with Gasteiger partial charge in [-0.2, -0.15) is 17.6 Å². The summed E-state index contributed by atoms with van der Waals surface area (Å²) in [5.74, 6) is -9.25. The molecule has 0 aliphatic carbocycles. The molecule has 2 heterocycles. The Morgan fingerprint density at radius 2 is 1.90 bits per heavy atom. The van der Waals surface area contributed by atoms with E-state index in [2.05, 4.69) is 10.1 Å². The van der Waals surface area contributed by atoms with Crippen molar-refractivity contribution >= 4 is 17.5 Å². The van der Waals surface area contributed by atoms with Gasteiger partial charge in [-0.3, -0.25) is 9.59 Å². The van der Waals surface area contributed by atoms with E-state index in [0.717, 1.165) is 12.1 Å². The maximum atomic E-state index is 14.1. The van der Waals surface area contributed by atoms with E-state index in [-0.39, 0.29) is 23.4 Å². The second kappa shape index (κ2) is 6.93. The molecule has 1 saturated heterocycles. The number of halogens is 5. The summed E-state index contributed by atoms with van der Waals surface area (Å²) in [4.78, 5) is 26.8. The molecule has 2 aromatic carbocycles. The number of carbonyl (C=O) groups excluding carboxylic acids is 2. The van der Waals surface area contributed by atoms with E-state index in [1.807, 2.05) is 0 Å². The fourth-order valence-corrected chi connectivity index (χ4v) is 3.92. The van der Waals surface area contributed by atoms with Gasteiger partial charge >= 0.3 is 12.0 Å². The molecule has 2 aliphatic heterocycles. The second-order valence-electron chi connectivity index (χ2n) is 7.65. The molecule has 31 heavy (non-hydrogen) atoms. The quantitative estimate of drug-likeness (QED) is 0.580. The van der Waals surface area contributed by atoms with E-state index in [9.17, 15) is 31.5 Å². The SMILES string of the molecule is Cc1c(F)cccc1NC(=O)[C@H]1C(=O)N(C)C[C@@H]1c1ccc2c(c1)C(F)(F)C(F)(F)O2. The number of fused-ring (bicyclic) bond motifs is 1. The van der Waals surface area contributed by atoms with E-state index in [0.29, 0.717) is 0 Å². The monoisotopic (exact) mass is 440 g/mol. The van der Waals surface area contributed by atoms with E-state index in [4.69, 9.17) is 0 Å². The molecule has 2 atom stereocenters. The van der Waals surface area contributed by atoms with E-state index in [1.165, 1.54) is 43.1 Å². The van der Waals surface area contributed by atoms with Crippen molar-refractivity contribution in [2.45, 2.75) is 24.9 Å². The number of benzene rings is 2. The molecule has 0 unspecified atom stereocenters. The highest BCUT2D eigenvalue weighted by Gasteiger charge is 2.66. The topological polar surface area (TPSA) is 58.6 Å². The average Bonchev–Trinajstić information content (AvgIpc) is 3.08. The minimum Gasteiger partial charge on any atom is -0.427 e. The van der Waals surface area contributed by atoms with Crippen LogP contribution in [0.25, 0.3) is 0 Å². The number of nitrogens with zero attached hydrogens (tertiary/aromatic N) is 1. The molecule has 1 N–H and O–H groups in total. The van der Waals surface area contributed by atoms with Crippen molar-refractivity contribution in [2.75, 3.05) is 18.9 Å². The predicted octanol–water partition coefficient (Wildman–Crippen LogP) is 4.02. The van der Waals surface area contributed by atoms with Crippen LogP contribution in [0.3, 0.4) is 0 Å². The number of likely N-dealkylation sites (tertiary alicyclic amines) is 1. The van der Waals surface area contributed by atoms with Gasteiger partial charge in [-0.05, 0) is 36.8 Å². The third-order valence-electron chi connectivity index (χ3n) is 5.70. The molecule has 0 spiro atoms. The van der Waals surface area contributed by atoms with Gasteiger partial charge in [0.1, 0.15) is 17.5 Å². The minimum absolute atomic E-state index is 0.0145. The smallest absolute Gasteiger partial charge is 0.427 e. The largest absolute Gasteiger partial charge is 0.469 e. The van der Waals surface area contributed by atoms with Gasteiger partial charge in [0.05, 0.1) is 5.56 Å². The fourth-order valence-electron chi connectivity index (χ4n) is 3.92. The highest BCUT2D eigenvalue weighted by molar-refractivity contribution is 6.08. The lowest BCUT2D eigenvalue weighted by atomic mass is 9.86. The number of anilines is 1. The van der Waals surface area contributed by atoms with E-state index >= 15 is 0 Å². The molecular formula is C21H17F5N2O3. The predicted molar refractivity (Wildman–Crippen MR) is 99.5 cm³/mol. The number of carbonyl (C=O) groups is 2. The summed E-state index contributed by atoms with van der Waals surface area (Å²) in [5, 5.41) is 2.51. The number of hydrogen-bond donors (Lipinski definition) is 1. The van der Waals surface area contributed by atoms with Crippen LogP contribution in [0.4, 0.5) is 27.6 Å². The van der Waals surface area contributed by atoms with Crippen LogP contribution in [0, 0.1) is 18.7 Å². The second-order valence-corrected chi connectivity index (χ2v) is 7.65. The molecule has 2 aromatic rings.